The largest absolute Gasteiger partial charge is 0.507 e. The summed E-state index contributed by atoms with van der Waals surface area (Å²) in [6, 6.07) is 16.2. The zero-order valence-electron chi connectivity index (χ0n) is 59.8. The first-order valence-electron chi connectivity index (χ1n) is 31.7. The number of aliphatic carboxylic acids is 4. The molecule has 0 bridgehead atoms. The van der Waals surface area contributed by atoms with E-state index in [0.717, 1.165) is 66.8 Å². The Bertz CT molecular complexity index is 2450. The van der Waals surface area contributed by atoms with E-state index in [1.807, 2.05) is 48.5 Å². The van der Waals surface area contributed by atoms with Gasteiger partial charge in [0.25, 0.3) is 0 Å². The lowest BCUT2D eigenvalue weighted by atomic mass is 9.78. The van der Waals surface area contributed by atoms with Crippen LogP contribution in [0.4, 0.5) is 0 Å². The minimum absolute atomic E-state index is 0. The summed E-state index contributed by atoms with van der Waals surface area (Å²) in [4.78, 5) is 43.9. The van der Waals surface area contributed by atoms with Crippen LogP contribution in [0.5, 0.6) is 23.0 Å². The summed E-state index contributed by atoms with van der Waals surface area (Å²) in [6.07, 6.45) is 5.25. The molecule has 0 saturated heterocycles. The molecule has 4 aromatic rings. The van der Waals surface area contributed by atoms with Gasteiger partial charge >= 0.3 is 23.9 Å². The van der Waals surface area contributed by atoms with Crippen molar-refractivity contribution in [2.45, 2.75) is 296 Å². The molecule has 12 heteroatoms. The molecule has 0 saturated carbocycles. The van der Waals surface area contributed by atoms with Crippen LogP contribution in [0.2, 0.25) is 0 Å². The van der Waals surface area contributed by atoms with Gasteiger partial charge in [0.05, 0.1) is 23.7 Å². The number of aromatic hydroxyl groups is 4. The number of aryl methyl sites for hydroxylation is 4. The Morgan fingerprint density at radius 2 is 0.371 bits per heavy atom. The quantitative estimate of drug-likeness (QED) is 0.0524. The molecule has 0 aromatic heterocycles. The van der Waals surface area contributed by atoms with Gasteiger partial charge in [-0.2, -0.15) is 0 Å². The highest BCUT2D eigenvalue weighted by Gasteiger charge is 2.31. The maximum atomic E-state index is 11.0. The Balaban J connectivity index is 0.00000116. The summed E-state index contributed by atoms with van der Waals surface area (Å²) in [5.74, 6) is -2.98. The summed E-state index contributed by atoms with van der Waals surface area (Å²) >= 11 is 0. The maximum Gasteiger partial charge on any atom is 0.306 e. The molecule has 4 atom stereocenters. The molecule has 4 aromatic carbocycles. The number of carbonyl (C=O) groups is 4. The van der Waals surface area contributed by atoms with Gasteiger partial charge < -0.3 is 40.9 Å². The van der Waals surface area contributed by atoms with Crippen LogP contribution in [-0.2, 0) is 88.2 Å². The van der Waals surface area contributed by atoms with Gasteiger partial charge in [-0.05, 0) is 161 Å². The normalized spacial score (nSPS) is 13.8. The minimum Gasteiger partial charge on any atom is -0.507 e. The number of benzene rings is 4. The van der Waals surface area contributed by atoms with Crippen LogP contribution in [0.15, 0.2) is 48.5 Å². The third-order valence-corrected chi connectivity index (χ3v) is 16.3. The molecule has 4 rings (SSSR count). The molecule has 0 amide bonds. The molecule has 504 valence electrons. The fourth-order valence-electron chi connectivity index (χ4n) is 9.95. The summed E-state index contributed by atoms with van der Waals surface area (Å²) in [5.41, 5.74) is 10.6. The van der Waals surface area contributed by atoms with E-state index in [4.69, 9.17) is 20.4 Å². The van der Waals surface area contributed by atoms with Gasteiger partial charge in [-0.3, -0.25) is 19.2 Å². The fraction of sp³-hybridized carbons (Fsp3) is 0.636. The van der Waals surface area contributed by atoms with Crippen molar-refractivity contribution in [2.24, 2.45) is 23.7 Å². The highest BCUT2D eigenvalue weighted by molar-refractivity contribution is 5.71. The van der Waals surface area contributed by atoms with E-state index in [2.05, 4.69) is 166 Å². The molecule has 0 aliphatic heterocycles. The van der Waals surface area contributed by atoms with Crippen molar-refractivity contribution in [3.05, 3.63) is 115 Å². The predicted molar refractivity (Wildman–Crippen MR) is 369 cm³/mol. The first kappa shape index (κ1) is 83.0. The number of hydrogen-bond acceptors (Lipinski definition) is 8. The van der Waals surface area contributed by atoms with Gasteiger partial charge in [-0.1, -0.05) is 250 Å². The highest BCUT2D eigenvalue weighted by atomic mass is 16.4. The molecule has 89 heavy (non-hydrogen) atoms. The minimum atomic E-state index is -0.758. The summed E-state index contributed by atoms with van der Waals surface area (Å²) < 4.78 is 0. The average Bonchev–Trinajstić information content (AvgIpc) is 0.968. The second-order valence-electron chi connectivity index (χ2n) is 33.3. The second kappa shape index (κ2) is 31.8. The van der Waals surface area contributed by atoms with Gasteiger partial charge in [0.2, 0.25) is 0 Å². The van der Waals surface area contributed by atoms with Crippen molar-refractivity contribution < 1.29 is 60.0 Å². The fourth-order valence-corrected chi connectivity index (χ4v) is 9.95. The third kappa shape index (κ3) is 26.0. The Kier molecular flexibility index (Phi) is 29.6. The van der Waals surface area contributed by atoms with Crippen LogP contribution in [0.1, 0.15) is 294 Å². The van der Waals surface area contributed by atoms with Gasteiger partial charge in [0, 0.05) is 0 Å². The van der Waals surface area contributed by atoms with Crippen molar-refractivity contribution >= 4 is 23.9 Å². The lowest BCUT2D eigenvalue weighted by molar-refractivity contribution is -0.142. The second-order valence-corrected chi connectivity index (χ2v) is 33.3. The number of phenols is 4. The van der Waals surface area contributed by atoms with E-state index in [1.165, 1.54) is 0 Å². The summed E-state index contributed by atoms with van der Waals surface area (Å²) in [7, 11) is 0. The number of hydrogen-bond donors (Lipinski definition) is 8. The van der Waals surface area contributed by atoms with E-state index in [-0.39, 0.29) is 74.4 Å². The van der Waals surface area contributed by atoms with Crippen LogP contribution >= 0.6 is 0 Å². The Labute approximate surface area is 539 Å². The van der Waals surface area contributed by atoms with Crippen LogP contribution < -0.4 is 0 Å². The van der Waals surface area contributed by atoms with E-state index < -0.39 is 23.9 Å². The molecule has 0 fully saturated rings. The van der Waals surface area contributed by atoms with Gasteiger partial charge in [0.1, 0.15) is 23.0 Å². The lowest BCUT2D eigenvalue weighted by Crippen LogP contribution is -2.18. The molecule has 0 heterocycles. The molecule has 0 spiro atoms. The zero-order chi connectivity index (χ0) is 69.2. The summed E-state index contributed by atoms with van der Waals surface area (Å²) in [6.45, 7) is 56.9. The first-order valence-corrected chi connectivity index (χ1v) is 31.7. The van der Waals surface area contributed by atoms with E-state index in [9.17, 15) is 39.6 Å². The molecule has 8 N–H and O–H groups in total. The zero-order valence-corrected chi connectivity index (χ0v) is 59.8. The predicted octanol–water partition coefficient (Wildman–Crippen LogP) is 19.2. The van der Waals surface area contributed by atoms with Gasteiger partial charge in [-0.15, -0.1) is 0 Å². The molecule has 0 aliphatic carbocycles. The number of rotatable bonds is 16. The SMILES string of the molecule is C.CC(CCc1cc(C(C)(C)C)c(O)c(C(C)(C)C)c1)C(=O)O.CC(CCc1cc(C(C)(C)C)c(O)c(C(C)(C)C)c1)C(=O)O.CC(CCc1cc(C(C)(C)C)c(O)c(C(C)(C)C)c1)C(=O)O.CC(CCc1cc(C(C)(C)C)c(O)c(C(C)(C)C)c1)C(=O)O. The smallest absolute Gasteiger partial charge is 0.306 e. The Hall–Kier alpha value is -6.04. The number of carboxylic acid groups (broad SMARTS) is 4. The molecule has 0 radical (unpaired) electrons. The van der Waals surface area contributed by atoms with Crippen molar-refractivity contribution in [3.63, 3.8) is 0 Å². The molecule has 12 nitrogen and oxygen atoms in total. The average molecular weight is 1240 g/mol. The molecule has 4 unspecified atom stereocenters. The molecule has 0 aliphatic rings. The van der Waals surface area contributed by atoms with Crippen molar-refractivity contribution in [3.8, 4) is 23.0 Å². The van der Waals surface area contributed by atoms with Crippen molar-refractivity contribution in [1.29, 1.82) is 0 Å². The van der Waals surface area contributed by atoms with Crippen molar-refractivity contribution in [1.82, 2.24) is 0 Å². The Morgan fingerprint density at radius 3 is 0.449 bits per heavy atom. The van der Waals surface area contributed by atoms with Crippen LogP contribution in [0.25, 0.3) is 0 Å². The highest BCUT2D eigenvalue weighted by Crippen LogP contribution is 2.44. The van der Waals surface area contributed by atoms with E-state index in [0.29, 0.717) is 74.4 Å². The van der Waals surface area contributed by atoms with Crippen LogP contribution in [0, 0.1) is 23.7 Å². The standard InChI is InChI=1S/4C19H30O3.CH4/c4*1-12(17(21)22)8-9-13-10-14(18(2,3)4)16(20)15(11-13)19(5,6)7;/h4*10-12,20H,8-9H2,1-7H3,(H,21,22);1H4. The number of phenolic OH excluding ortho intramolecular Hbond substituents is 4. The first-order chi connectivity index (χ1) is 39.3. The Morgan fingerprint density at radius 1 is 0.270 bits per heavy atom. The van der Waals surface area contributed by atoms with Crippen LogP contribution in [-0.4, -0.2) is 64.7 Å². The van der Waals surface area contributed by atoms with Crippen LogP contribution in [0.3, 0.4) is 0 Å². The number of carboxylic acids is 4. The van der Waals surface area contributed by atoms with Gasteiger partial charge in [0.15, 0.2) is 0 Å². The summed E-state index contributed by atoms with van der Waals surface area (Å²) in [5, 5.41) is 78.8. The topological polar surface area (TPSA) is 230 Å². The van der Waals surface area contributed by atoms with Gasteiger partial charge in [-0.25, -0.2) is 0 Å². The third-order valence-electron chi connectivity index (χ3n) is 16.3. The van der Waals surface area contributed by atoms with E-state index >= 15 is 0 Å². The van der Waals surface area contributed by atoms with Crippen molar-refractivity contribution in [2.75, 3.05) is 0 Å². The lowest BCUT2D eigenvalue weighted by Gasteiger charge is -2.28. The van der Waals surface area contributed by atoms with E-state index in [1.54, 1.807) is 27.7 Å². The monoisotopic (exact) mass is 1240 g/mol. The molecular weight excluding hydrogens is 1120 g/mol. The molecular formula is C77H124O12. The maximum absolute atomic E-state index is 11.0.